The van der Waals surface area contributed by atoms with Crippen LogP contribution in [0.3, 0.4) is 0 Å². The van der Waals surface area contributed by atoms with E-state index in [0.29, 0.717) is 17.8 Å². The Balaban J connectivity index is 1.23. The molecule has 3 heteroatoms. The van der Waals surface area contributed by atoms with Crippen LogP contribution in [0.4, 0.5) is 0 Å². The van der Waals surface area contributed by atoms with Crippen molar-refractivity contribution < 1.29 is 5.11 Å². The van der Waals surface area contributed by atoms with Crippen LogP contribution in [0.25, 0.3) is 0 Å². The molecule has 2 unspecified atom stereocenters. The molecule has 0 amide bonds. The third-order valence-corrected chi connectivity index (χ3v) is 6.35. The highest BCUT2D eigenvalue weighted by Gasteiger charge is 2.23. The smallest absolute Gasteiger partial charge is 0.119 e. The van der Waals surface area contributed by atoms with E-state index in [4.69, 9.17) is 0 Å². The standard InChI is InChI=1S/C24H32N2O/c1-2-21(10-6-14-26-16-19-7-3-4-8-20(19)17-26)25-22-12-13-23-18(15-22)9-5-11-24(23)27/h3-5,7-9,11,21-22,25,27H,2,6,10,12-17H2,1H3. The van der Waals surface area contributed by atoms with Gasteiger partial charge >= 0.3 is 0 Å². The van der Waals surface area contributed by atoms with Crippen LogP contribution in [0.2, 0.25) is 0 Å². The van der Waals surface area contributed by atoms with Crippen LogP contribution in [-0.4, -0.2) is 28.6 Å². The summed E-state index contributed by atoms with van der Waals surface area (Å²) in [4.78, 5) is 2.58. The van der Waals surface area contributed by atoms with Crippen molar-refractivity contribution in [3.05, 3.63) is 64.7 Å². The molecule has 0 fully saturated rings. The van der Waals surface area contributed by atoms with Gasteiger partial charge in [0.1, 0.15) is 5.75 Å². The summed E-state index contributed by atoms with van der Waals surface area (Å²) in [6.45, 7) is 5.72. The molecule has 2 aromatic carbocycles. The van der Waals surface area contributed by atoms with Crippen LogP contribution >= 0.6 is 0 Å². The van der Waals surface area contributed by atoms with E-state index in [1.54, 1.807) is 0 Å². The second-order valence-corrected chi connectivity index (χ2v) is 8.25. The van der Waals surface area contributed by atoms with E-state index in [9.17, 15) is 5.11 Å². The summed E-state index contributed by atoms with van der Waals surface area (Å²) >= 11 is 0. The second-order valence-electron chi connectivity index (χ2n) is 8.25. The summed E-state index contributed by atoms with van der Waals surface area (Å²) in [5.41, 5.74) is 5.50. The number of nitrogens with zero attached hydrogens (tertiary/aromatic N) is 1. The molecule has 0 saturated carbocycles. The molecule has 2 atom stereocenters. The van der Waals surface area contributed by atoms with Gasteiger partial charge in [0.25, 0.3) is 0 Å². The number of hydrogen-bond acceptors (Lipinski definition) is 3. The normalized spacial score (nSPS) is 20.3. The molecule has 0 aromatic heterocycles. The van der Waals surface area contributed by atoms with E-state index in [1.165, 1.54) is 42.5 Å². The van der Waals surface area contributed by atoms with Crippen molar-refractivity contribution in [1.29, 1.82) is 0 Å². The predicted molar refractivity (Wildman–Crippen MR) is 111 cm³/mol. The van der Waals surface area contributed by atoms with Gasteiger partial charge in [-0.05, 0) is 73.4 Å². The van der Waals surface area contributed by atoms with Crippen LogP contribution < -0.4 is 5.32 Å². The van der Waals surface area contributed by atoms with E-state index in [0.717, 1.165) is 37.9 Å². The van der Waals surface area contributed by atoms with Crippen molar-refractivity contribution in [3.63, 3.8) is 0 Å². The largest absolute Gasteiger partial charge is 0.508 e. The molecule has 4 rings (SSSR count). The van der Waals surface area contributed by atoms with Gasteiger partial charge in [-0.25, -0.2) is 0 Å². The molecule has 27 heavy (non-hydrogen) atoms. The van der Waals surface area contributed by atoms with Crippen LogP contribution in [0.1, 0.15) is 54.9 Å². The molecule has 0 bridgehead atoms. The molecule has 2 aliphatic rings. The zero-order valence-corrected chi connectivity index (χ0v) is 16.5. The fourth-order valence-electron chi connectivity index (χ4n) is 4.79. The lowest BCUT2D eigenvalue weighted by atomic mass is 9.87. The minimum absolute atomic E-state index is 0.476. The first-order valence-corrected chi connectivity index (χ1v) is 10.6. The van der Waals surface area contributed by atoms with E-state index in [-0.39, 0.29) is 0 Å². The number of aromatic hydroxyl groups is 1. The molecule has 2 aromatic rings. The highest BCUT2D eigenvalue weighted by Crippen LogP contribution is 2.29. The Hall–Kier alpha value is -1.84. The molecule has 0 saturated heterocycles. The summed E-state index contributed by atoms with van der Waals surface area (Å²) in [6.07, 6.45) is 6.84. The van der Waals surface area contributed by atoms with Crippen LogP contribution in [0.15, 0.2) is 42.5 Å². The summed E-state index contributed by atoms with van der Waals surface area (Å²) < 4.78 is 0. The van der Waals surface area contributed by atoms with Crippen molar-refractivity contribution >= 4 is 0 Å². The minimum Gasteiger partial charge on any atom is -0.508 e. The van der Waals surface area contributed by atoms with Crippen LogP contribution in [0, 0.1) is 0 Å². The molecule has 1 aliphatic heterocycles. The highest BCUT2D eigenvalue weighted by molar-refractivity contribution is 5.41. The first-order chi connectivity index (χ1) is 13.2. The van der Waals surface area contributed by atoms with Crippen LogP contribution in [-0.2, 0) is 25.9 Å². The Labute approximate surface area is 163 Å². The Morgan fingerprint density at radius 2 is 1.81 bits per heavy atom. The Bertz CT molecular complexity index is 748. The molecular formula is C24H32N2O. The van der Waals surface area contributed by atoms with Crippen molar-refractivity contribution in [2.45, 2.75) is 70.6 Å². The fourth-order valence-corrected chi connectivity index (χ4v) is 4.79. The topological polar surface area (TPSA) is 35.5 Å². The number of phenols is 1. The van der Waals surface area contributed by atoms with Crippen molar-refractivity contribution in [2.75, 3.05) is 6.54 Å². The van der Waals surface area contributed by atoms with Crippen molar-refractivity contribution in [1.82, 2.24) is 10.2 Å². The first-order valence-electron chi connectivity index (χ1n) is 10.6. The van der Waals surface area contributed by atoms with E-state index < -0.39 is 0 Å². The minimum atomic E-state index is 0.476. The number of fused-ring (bicyclic) bond motifs is 2. The average molecular weight is 365 g/mol. The quantitative estimate of drug-likeness (QED) is 0.764. The monoisotopic (exact) mass is 364 g/mol. The highest BCUT2D eigenvalue weighted by atomic mass is 16.3. The second kappa shape index (κ2) is 8.45. The Morgan fingerprint density at radius 3 is 2.56 bits per heavy atom. The van der Waals surface area contributed by atoms with Gasteiger partial charge in [0, 0.05) is 25.2 Å². The molecule has 1 heterocycles. The van der Waals surface area contributed by atoms with Crippen molar-refractivity contribution in [3.8, 4) is 5.75 Å². The van der Waals surface area contributed by atoms with Gasteiger partial charge in [-0.3, -0.25) is 4.90 Å². The SMILES string of the molecule is CCC(CCCN1Cc2ccccc2C1)NC1CCc2c(O)cccc2C1. The Morgan fingerprint density at radius 1 is 1.07 bits per heavy atom. The molecule has 144 valence electrons. The van der Waals surface area contributed by atoms with Gasteiger partial charge < -0.3 is 10.4 Å². The zero-order chi connectivity index (χ0) is 18.6. The van der Waals surface area contributed by atoms with Gasteiger partial charge in [0.2, 0.25) is 0 Å². The molecule has 2 N–H and O–H groups in total. The van der Waals surface area contributed by atoms with Gasteiger partial charge in [-0.15, -0.1) is 0 Å². The predicted octanol–water partition coefficient (Wildman–Crippen LogP) is 4.41. The van der Waals surface area contributed by atoms with Gasteiger partial charge in [0.05, 0.1) is 0 Å². The van der Waals surface area contributed by atoms with E-state index >= 15 is 0 Å². The number of rotatable bonds is 7. The lowest BCUT2D eigenvalue weighted by Gasteiger charge is -2.30. The number of benzene rings is 2. The van der Waals surface area contributed by atoms with E-state index in [1.807, 2.05) is 12.1 Å². The lowest BCUT2D eigenvalue weighted by Crippen LogP contribution is -2.41. The maximum Gasteiger partial charge on any atom is 0.119 e. The summed E-state index contributed by atoms with van der Waals surface area (Å²) in [5.74, 6) is 0.476. The molecular weight excluding hydrogens is 332 g/mol. The molecule has 1 aliphatic carbocycles. The van der Waals surface area contributed by atoms with Gasteiger partial charge in [0.15, 0.2) is 0 Å². The number of hydrogen-bond donors (Lipinski definition) is 2. The summed E-state index contributed by atoms with van der Waals surface area (Å²) in [5, 5.41) is 13.9. The molecule has 0 spiro atoms. The van der Waals surface area contributed by atoms with Gasteiger partial charge in [-0.1, -0.05) is 43.3 Å². The van der Waals surface area contributed by atoms with Crippen molar-refractivity contribution in [2.24, 2.45) is 0 Å². The van der Waals surface area contributed by atoms with Crippen LogP contribution in [0.5, 0.6) is 5.75 Å². The summed E-state index contributed by atoms with van der Waals surface area (Å²) in [7, 11) is 0. The lowest BCUT2D eigenvalue weighted by molar-refractivity contribution is 0.265. The maximum absolute atomic E-state index is 10.0. The zero-order valence-electron chi connectivity index (χ0n) is 16.5. The molecule has 3 nitrogen and oxygen atoms in total. The van der Waals surface area contributed by atoms with E-state index in [2.05, 4.69) is 47.5 Å². The fraction of sp³-hybridized carbons (Fsp3) is 0.500. The number of nitrogens with one attached hydrogen (secondary N) is 1. The maximum atomic E-state index is 10.0. The Kier molecular flexibility index (Phi) is 5.80. The van der Waals surface area contributed by atoms with Gasteiger partial charge in [-0.2, -0.15) is 0 Å². The third-order valence-electron chi connectivity index (χ3n) is 6.35. The number of phenolic OH excluding ortho intramolecular Hbond substituents is 1. The molecule has 0 radical (unpaired) electrons. The first kappa shape index (κ1) is 18.5. The average Bonchev–Trinajstić information content (AvgIpc) is 3.10. The summed E-state index contributed by atoms with van der Waals surface area (Å²) in [6, 6.07) is 16.0. The third kappa shape index (κ3) is 4.36.